The molecule has 0 fully saturated rings. The van der Waals surface area contributed by atoms with Gasteiger partial charge in [-0.15, -0.1) is 0 Å². The topological polar surface area (TPSA) is 63.2 Å². The van der Waals surface area contributed by atoms with E-state index in [0.717, 1.165) is 11.6 Å². The standard InChI is InChI=1S/C18H20F3N3O2/c1-12(22-10-13-7-8-17(26-2)23-11-13)9-16(25)24-15-6-4-3-5-14(15)18(19,20)21/h3-8,11-12,22H,9-10H2,1-2H3,(H,24,25). The van der Waals surface area contributed by atoms with Gasteiger partial charge in [0.25, 0.3) is 0 Å². The molecule has 0 spiro atoms. The van der Waals surface area contributed by atoms with Gasteiger partial charge in [-0.05, 0) is 24.6 Å². The van der Waals surface area contributed by atoms with Crippen LogP contribution in [-0.2, 0) is 17.5 Å². The maximum Gasteiger partial charge on any atom is 0.418 e. The van der Waals surface area contributed by atoms with Crippen LogP contribution in [0, 0.1) is 0 Å². The molecule has 5 nitrogen and oxygen atoms in total. The predicted octanol–water partition coefficient (Wildman–Crippen LogP) is 3.62. The second-order valence-electron chi connectivity index (χ2n) is 5.79. The number of hydrogen-bond acceptors (Lipinski definition) is 4. The van der Waals surface area contributed by atoms with E-state index in [4.69, 9.17) is 4.74 Å². The van der Waals surface area contributed by atoms with Gasteiger partial charge in [0.2, 0.25) is 11.8 Å². The molecule has 0 saturated heterocycles. The lowest BCUT2D eigenvalue weighted by Crippen LogP contribution is -2.30. The van der Waals surface area contributed by atoms with Crippen molar-refractivity contribution < 1.29 is 22.7 Å². The molecule has 1 amide bonds. The summed E-state index contributed by atoms with van der Waals surface area (Å²) in [5.74, 6) is 0.0130. The smallest absolute Gasteiger partial charge is 0.418 e. The molecule has 1 aromatic heterocycles. The molecule has 0 aliphatic carbocycles. The fraction of sp³-hybridized carbons (Fsp3) is 0.333. The first-order valence-electron chi connectivity index (χ1n) is 7.98. The van der Waals surface area contributed by atoms with E-state index >= 15 is 0 Å². The number of nitrogens with one attached hydrogen (secondary N) is 2. The molecule has 1 atom stereocenters. The summed E-state index contributed by atoms with van der Waals surface area (Å²) in [6.07, 6.45) is -2.83. The number of rotatable bonds is 7. The SMILES string of the molecule is COc1ccc(CNC(C)CC(=O)Nc2ccccc2C(F)(F)F)cn1. The van der Waals surface area contributed by atoms with Crippen LogP contribution in [0.4, 0.5) is 18.9 Å². The van der Waals surface area contributed by atoms with Crippen LogP contribution < -0.4 is 15.4 Å². The maximum atomic E-state index is 12.9. The Kier molecular flexibility index (Phi) is 6.57. The van der Waals surface area contributed by atoms with E-state index in [1.807, 2.05) is 6.07 Å². The minimum atomic E-state index is -4.52. The number of para-hydroxylation sites is 1. The zero-order valence-corrected chi connectivity index (χ0v) is 14.4. The van der Waals surface area contributed by atoms with Gasteiger partial charge in [-0.3, -0.25) is 4.79 Å². The highest BCUT2D eigenvalue weighted by Crippen LogP contribution is 2.34. The Labute approximate surface area is 149 Å². The Morgan fingerprint density at radius 3 is 2.58 bits per heavy atom. The van der Waals surface area contributed by atoms with Crippen LogP contribution in [0.1, 0.15) is 24.5 Å². The molecule has 2 aromatic rings. The first-order valence-corrected chi connectivity index (χ1v) is 7.98. The van der Waals surface area contributed by atoms with E-state index in [1.54, 1.807) is 19.2 Å². The molecule has 1 aromatic carbocycles. The minimum absolute atomic E-state index is 0.0375. The van der Waals surface area contributed by atoms with Gasteiger partial charge >= 0.3 is 6.18 Å². The number of aromatic nitrogens is 1. The number of carbonyl (C=O) groups excluding carboxylic acids is 1. The average molecular weight is 367 g/mol. The number of ether oxygens (including phenoxy) is 1. The molecule has 1 heterocycles. The van der Waals surface area contributed by atoms with E-state index in [-0.39, 0.29) is 18.2 Å². The number of benzene rings is 1. The van der Waals surface area contributed by atoms with Crippen molar-refractivity contribution in [3.8, 4) is 5.88 Å². The van der Waals surface area contributed by atoms with Crippen LogP contribution in [0.5, 0.6) is 5.88 Å². The molecular formula is C18H20F3N3O2. The fourth-order valence-corrected chi connectivity index (χ4v) is 2.32. The van der Waals surface area contributed by atoms with Crippen molar-refractivity contribution >= 4 is 11.6 Å². The molecule has 26 heavy (non-hydrogen) atoms. The van der Waals surface area contributed by atoms with E-state index in [1.165, 1.54) is 25.3 Å². The summed E-state index contributed by atoms with van der Waals surface area (Å²) in [6.45, 7) is 2.26. The Balaban J connectivity index is 1.87. The number of hydrogen-bond donors (Lipinski definition) is 2. The van der Waals surface area contributed by atoms with Gasteiger partial charge in [0.05, 0.1) is 18.4 Å². The van der Waals surface area contributed by atoms with Crippen LogP contribution >= 0.6 is 0 Å². The highest BCUT2D eigenvalue weighted by atomic mass is 19.4. The Morgan fingerprint density at radius 2 is 1.96 bits per heavy atom. The van der Waals surface area contributed by atoms with E-state index < -0.39 is 17.6 Å². The third-order valence-electron chi connectivity index (χ3n) is 3.66. The lowest BCUT2D eigenvalue weighted by Gasteiger charge is -2.16. The molecule has 140 valence electrons. The zero-order chi connectivity index (χ0) is 19.2. The van der Waals surface area contributed by atoms with Crippen LogP contribution in [0.15, 0.2) is 42.6 Å². The quantitative estimate of drug-likeness (QED) is 0.785. The Morgan fingerprint density at radius 1 is 1.23 bits per heavy atom. The Bertz CT molecular complexity index is 733. The van der Waals surface area contributed by atoms with E-state index in [9.17, 15) is 18.0 Å². The van der Waals surface area contributed by atoms with Crippen LogP contribution in [0.25, 0.3) is 0 Å². The van der Waals surface area contributed by atoms with Gasteiger partial charge in [-0.1, -0.05) is 18.2 Å². The van der Waals surface area contributed by atoms with Crippen molar-refractivity contribution in [3.05, 3.63) is 53.7 Å². The maximum absolute atomic E-state index is 12.9. The van der Waals surface area contributed by atoms with Crippen molar-refractivity contribution in [2.75, 3.05) is 12.4 Å². The first kappa shape index (κ1) is 19.7. The summed E-state index contributed by atoms with van der Waals surface area (Å²) < 4.78 is 43.8. The van der Waals surface area contributed by atoms with Gasteiger partial charge in [-0.2, -0.15) is 13.2 Å². The van der Waals surface area contributed by atoms with Crippen molar-refractivity contribution in [1.82, 2.24) is 10.3 Å². The highest BCUT2D eigenvalue weighted by molar-refractivity contribution is 5.92. The van der Waals surface area contributed by atoms with E-state index in [0.29, 0.717) is 12.4 Å². The molecule has 2 N–H and O–H groups in total. The Hall–Kier alpha value is -2.61. The second kappa shape index (κ2) is 8.66. The molecule has 0 aliphatic rings. The van der Waals surface area contributed by atoms with Gasteiger partial charge in [-0.25, -0.2) is 4.98 Å². The lowest BCUT2D eigenvalue weighted by atomic mass is 10.1. The summed E-state index contributed by atoms with van der Waals surface area (Å²) in [6, 6.07) is 8.24. The van der Waals surface area contributed by atoms with Crippen molar-refractivity contribution in [2.45, 2.75) is 32.1 Å². The van der Waals surface area contributed by atoms with Gasteiger partial charge < -0.3 is 15.4 Å². The number of carbonyl (C=O) groups is 1. The summed E-state index contributed by atoms with van der Waals surface area (Å²) in [7, 11) is 1.53. The summed E-state index contributed by atoms with van der Waals surface area (Å²) >= 11 is 0. The molecule has 0 bridgehead atoms. The molecule has 0 saturated carbocycles. The zero-order valence-electron chi connectivity index (χ0n) is 14.4. The summed E-state index contributed by atoms with van der Waals surface area (Å²) in [5, 5.41) is 5.47. The molecule has 1 unspecified atom stereocenters. The predicted molar refractivity (Wildman–Crippen MR) is 91.8 cm³/mol. The largest absolute Gasteiger partial charge is 0.481 e. The first-order chi connectivity index (χ1) is 12.3. The number of methoxy groups -OCH3 is 1. The van der Waals surface area contributed by atoms with Crippen molar-refractivity contribution in [2.24, 2.45) is 0 Å². The number of amides is 1. The van der Waals surface area contributed by atoms with Crippen LogP contribution in [0.3, 0.4) is 0 Å². The summed E-state index contributed by atoms with van der Waals surface area (Å²) in [4.78, 5) is 16.1. The second-order valence-corrected chi connectivity index (χ2v) is 5.79. The number of anilines is 1. The number of halogens is 3. The normalized spacial score (nSPS) is 12.5. The highest BCUT2D eigenvalue weighted by Gasteiger charge is 2.33. The number of alkyl halides is 3. The van der Waals surface area contributed by atoms with Crippen molar-refractivity contribution in [3.63, 3.8) is 0 Å². The molecule has 0 radical (unpaired) electrons. The number of nitrogens with zero attached hydrogens (tertiary/aromatic N) is 1. The van der Waals surface area contributed by atoms with Gasteiger partial charge in [0.1, 0.15) is 0 Å². The van der Waals surface area contributed by atoms with E-state index in [2.05, 4.69) is 15.6 Å². The monoisotopic (exact) mass is 367 g/mol. The van der Waals surface area contributed by atoms with Crippen molar-refractivity contribution in [1.29, 1.82) is 0 Å². The van der Waals surface area contributed by atoms with Gasteiger partial charge in [0, 0.05) is 31.3 Å². The molecular weight excluding hydrogens is 347 g/mol. The minimum Gasteiger partial charge on any atom is -0.481 e. The molecule has 2 rings (SSSR count). The third kappa shape index (κ3) is 5.73. The van der Waals surface area contributed by atoms with Crippen LogP contribution in [0.2, 0.25) is 0 Å². The fourth-order valence-electron chi connectivity index (χ4n) is 2.32. The molecule has 0 aliphatic heterocycles. The summed E-state index contributed by atoms with van der Waals surface area (Å²) in [5.41, 5.74) is -0.199. The number of pyridine rings is 1. The lowest BCUT2D eigenvalue weighted by molar-refractivity contribution is -0.137. The molecule has 8 heteroatoms. The van der Waals surface area contributed by atoms with Gasteiger partial charge in [0.15, 0.2) is 0 Å². The third-order valence-corrected chi connectivity index (χ3v) is 3.66. The van der Waals surface area contributed by atoms with Crippen LogP contribution in [-0.4, -0.2) is 24.0 Å². The average Bonchev–Trinajstić information content (AvgIpc) is 2.60.